The number of rotatable bonds is 5. The van der Waals surface area contributed by atoms with Crippen molar-refractivity contribution in [2.75, 3.05) is 5.32 Å². The van der Waals surface area contributed by atoms with Crippen LogP contribution in [0.1, 0.15) is 16.4 Å². The van der Waals surface area contributed by atoms with Crippen LogP contribution in [0.25, 0.3) is 0 Å². The van der Waals surface area contributed by atoms with Gasteiger partial charge < -0.3 is 10.5 Å². The molecule has 2 aromatic carbocycles. The third-order valence-electron chi connectivity index (χ3n) is 3.81. The number of amides is 1. The fourth-order valence-corrected chi connectivity index (χ4v) is 3.61. The van der Waals surface area contributed by atoms with Crippen LogP contribution in [-0.4, -0.2) is 5.91 Å². The van der Waals surface area contributed by atoms with Gasteiger partial charge in [0.2, 0.25) is 5.91 Å². The molecule has 0 aliphatic rings. The molecule has 6 heteroatoms. The summed E-state index contributed by atoms with van der Waals surface area (Å²) < 4.78 is 0.761. The zero-order valence-corrected chi connectivity index (χ0v) is 15.6. The van der Waals surface area contributed by atoms with Crippen LogP contribution in [0, 0.1) is 12.1 Å². The van der Waals surface area contributed by atoms with E-state index in [0.29, 0.717) is 15.7 Å². The first-order valence-corrected chi connectivity index (χ1v) is 9.27. The third kappa shape index (κ3) is 4.36. The summed E-state index contributed by atoms with van der Waals surface area (Å²) >= 11 is 7.35. The normalized spacial score (nSPS) is 11.8. The second-order valence-corrected chi connectivity index (χ2v) is 7.26. The Morgan fingerprint density at radius 3 is 2.54 bits per heavy atom. The monoisotopic (exact) mass is 384 g/mol. The minimum Gasteiger partial charge on any atom is -0.618 e. The molecule has 0 aliphatic carbocycles. The van der Waals surface area contributed by atoms with Crippen molar-refractivity contribution in [1.82, 2.24) is 0 Å². The molecule has 0 spiro atoms. The number of hydrogen-bond acceptors (Lipinski definition) is 3. The largest absolute Gasteiger partial charge is 0.618 e. The quantitative estimate of drug-likeness (QED) is 0.392. The molecule has 26 heavy (non-hydrogen) atoms. The molecule has 132 valence electrons. The van der Waals surface area contributed by atoms with Crippen LogP contribution in [0.4, 0.5) is 5.69 Å². The number of anilines is 1. The summed E-state index contributed by atoms with van der Waals surface area (Å²) in [6.45, 7) is 1.90. The van der Waals surface area contributed by atoms with Crippen LogP contribution < -0.4 is 10.0 Å². The van der Waals surface area contributed by atoms with Gasteiger partial charge in [-0.2, -0.15) is 4.73 Å². The molecule has 3 aromatic rings. The Bertz CT molecular complexity index is 919. The summed E-state index contributed by atoms with van der Waals surface area (Å²) in [6, 6.07) is 19.9. The molecule has 1 N–H and O–H groups in total. The van der Waals surface area contributed by atoms with Gasteiger partial charge in [-0.25, -0.2) is 0 Å². The van der Waals surface area contributed by atoms with E-state index in [1.54, 1.807) is 24.3 Å². The van der Waals surface area contributed by atoms with Gasteiger partial charge in [0.25, 0.3) is 5.03 Å². The number of hydrogen-bond donors (Lipinski definition) is 1. The number of nitrogens with zero attached hydrogens (tertiary/aromatic N) is 1. The van der Waals surface area contributed by atoms with E-state index in [4.69, 9.17) is 11.6 Å². The summed E-state index contributed by atoms with van der Waals surface area (Å²) in [5.41, 5.74) is 2.38. The molecule has 0 aliphatic heterocycles. The van der Waals surface area contributed by atoms with Crippen molar-refractivity contribution in [3.63, 3.8) is 0 Å². The zero-order chi connectivity index (χ0) is 18.5. The molecular weight excluding hydrogens is 368 g/mol. The molecule has 0 bridgehead atoms. The molecule has 0 saturated heterocycles. The second kappa shape index (κ2) is 8.25. The van der Waals surface area contributed by atoms with Gasteiger partial charge in [-0.15, -0.1) is 0 Å². The maximum atomic E-state index is 12.9. The lowest BCUT2D eigenvalue weighted by Gasteiger charge is -2.16. The van der Waals surface area contributed by atoms with E-state index in [1.807, 2.05) is 49.4 Å². The summed E-state index contributed by atoms with van der Waals surface area (Å²) in [5.74, 6) is -0.218. The molecule has 0 saturated carbocycles. The number of carbonyl (C=O) groups is 1. The van der Waals surface area contributed by atoms with Crippen molar-refractivity contribution in [2.45, 2.75) is 17.2 Å². The number of halogens is 1. The van der Waals surface area contributed by atoms with Gasteiger partial charge in [-0.1, -0.05) is 48.0 Å². The Kier molecular flexibility index (Phi) is 5.81. The fraction of sp³-hybridized carbons (Fsp3) is 0.100. The highest BCUT2D eigenvalue weighted by Gasteiger charge is 2.25. The molecule has 0 radical (unpaired) electrons. The van der Waals surface area contributed by atoms with E-state index in [9.17, 15) is 10.0 Å². The number of aromatic nitrogens is 1. The van der Waals surface area contributed by atoms with Gasteiger partial charge >= 0.3 is 0 Å². The molecule has 1 atom stereocenters. The summed E-state index contributed by atoms with van der Waals surface area (Å²) in [5, 5.41) is 15.4. The van der Waals surface area contributed by atoms with Gasteiger partial charge in [-0.3, -0.25) is 4.79 Å². The SMILES string of the molecule is Cc1ccc(NC(=O)C(Sc2cccc[n+]2[O-])c2ccccc2)cc1Cl. The van der Waals surface area contributed by atoms with Crippen molar-refractivity contribution < 1.29 is 9.52 Å². The molecule has 1 unspecified atom stereocenters. The van der Waals surface area contributed by atoms with Gasteiger partial charge in [0, 0.05) is 22.8 Å². The molecule has 0 fully saturated rings. The Morgan fingerprint density at radius 2 is 1.85 bits per heavy atom. The maximum absolute atomic E-state index is 12.9. The number of pyridine rings is 1. The first-order valence-electron chi connectivity index (χ1n) is 8.01. The Hall–Kier alpha value is -2.50. The van der Waals surface area contributed by atoms with E-state index >= 15 is 0 Å². The summed E-state index contributed by atoms with van der Waals surface area (Å²) in [4.78, 5) is 12.9. The first kappa shape index (κ1) is 18.3. The molecule has 3 rings (SSSR count). The Balaban J connectivity index is 1.88. The highest BCUT2D eigenvalue weighted by Crippen LogP contribution is 2.34. The average molecular weight is 385 g/mol. The van der Waals surface area contributed by atoms with E-state index < -0.39 is 5.25 Å². The van der Waals surface area contributed by atoms with Crippen LogP contribution in [0.15, 0.2) is 78.0 Å². The number of thioether (sulfide) groups is 1. The predicted octanol–water partition coefficient (Wildman–Crippen LogP) is 4.75. The van der Waals surface area contributed by atoms with Gasteiger partial charge in [-0.05, 0) is 48.0 Å². The molecule has 4 nitrogen and oxygen atoms in total. The van der Waals surface area contributed by atoms with Crippen LogP contribution >= 0.6 is 23.4 Å². The number of benzene rings is 2. The van der Waals surface area contributed by atoms with Crippen LogP contribution in [0.3, 0.4) is 0 Å². The van der Waals surface area contributed by atoms with E-state index in [0.717, 1.165) is 15.9 Å². The number of nitrogens with one attached hydrogen (secondary N) is 1. The standard InChI is InChI=1S/C20H17ClN2O2S/c1-14-10-11-16(13-17(14)21)22-20(24)19(15-7-3-2-4-8-15)26-18-9-5-6-12-23(18)25/h2-13,19H,1H3,(H,22,24). The molecular formula is C20H17ClN2O2S. The highest BCUT2D eigenvalue weighted by molar-refractivity contribution is 8.00. The van der Waals surface area contributed by atoms with Crippen LogP contribution in [0.5, 0.6) is 0 Å². The lowest BCUT2D eigenvalue weighted by atomic mass is 10.1. The Morgan fingerprint density at radius 1 is 1.12 bits per heavy atom. The molecule has 1 amide bonds. The highest BCUT2D eigenvalue weighted by atomic mass is 35.5. The van der Waals surface area contributed by atoms with E-state index in [-0.39, 0.29) is 5.91 Å². The summed E-state index contributed by atoms with van der Waals surface area (Å²) in [7, 11) is 0. The lowest BCUT2D eigenvalue weighted by molar-refractivity contribution is -0.645. The molecule has 1 heterocycles. The van der Waals surface area contributed by atoms with E-state index in [1.165, 1.54) is 18.0 Å². The summed E-state index contributed by atoms with van der Waals surface area (Å²) in [6.07, 6.45) is 1.42. The fourth-order valence-electron chi connectivity index (χ4n) is 2.40. The average Bonchev–Trinajstić information content (AvgIpc) is 2.64. The minimum atomic E-state index is -0.570. The lowest BCUT2D eigenvalue weighted by Crippen LogP contribution is -2.29. The topological polar surface area (TPSA) is 56.0 Å². The number of carbonyl (C=O) groups excluding carboxylic acids is 1. The van der Waals surface area contributed by atoms with Crippen molar-refractivity contribution in [3.8, 4) is 0 Å². The zero-order valence-electron chi connectivity index (χ0n) is 14.1. The van der Waals surface area contributed by atoms with Gasteiger partial charge in [0.1, 0.15) is 5.25 Å². The van der Waals surface area contributed by atoms with Gasteiger partial charge in [0.15, 0.2) is 6.20 Å². The van der Waals surface area contributed by atoms with Crippen molar-refractivity contribution in [1.29, 1.82) is 0 Å². The smallest absolute Gasteiger partial charge is 0.252 e. The van der Waals surface area contributed by atoms with Crippen molar-refractivity contribution in [3.05, 3.63) is 94.3 Å². The maximum Gasteiger partial charge on any atom is 0.252 e. The number of aryl methyl sites for hydroxylation is 1. The second-order valence-electron chi connectivity index (χ2n) is 5.73. The molecule has 1 aromatic heterocycles. The van der Waals surface area contributed by atoms with Crippen LogP contribution in [0.2, 0.25) is 5.02 Å². The first-order chi connectivity index (χ1) is 12.5. The van der Waals surface area contributed by atoms with Crippen molar-refractivity contribution >= 4 is 35.0 Å². The predicted molar refractivity (Wildman–Crippen MR) is 105 cm³/mol. The Labute approximate surface area is 161 Å². The van der Waals surface area contributed by atoms with Crippen LogP contribution in [-0.2, 0) is 4.79 Å². The minimum absolute atomic E-state index is 0.218. The van der Waals surface area contributed by atoms with Crippen molar-refractivity contribution in [2.24, 2.45) is 0 Å². The van der Waals surface area contributed by atoms with E-state index in [2.05, 4.69) is 5.32 Å². The van der Waals surface area contributed by atoms with Gasteiger partial charge in [0.05, 0.1) is 0 Å². The third-order valence-corrected chi connectivity index (χ3v) is 5.49.